The maximum atomic E-state index is 12.9. The van der Waals surface area contributed by atoms with Gasteiger partial charge in [0.25, 0.3) is 6.43 Å². The Morgan fingerprint density at radius 1 is 1.00 bits per heavy atom. The summed E-state index contributed by atoms with van der Waals surface area (Å²) in [6, 6.07) is 6.65. The normalized spacial score (nSPS) is 13.7. The molecule has 21 heavy (non-hydrogen) atoms. The fourth-order valence-electron chi connectivity index (χ4n) is 2.67. The third kappa shape index (κ3) is 5.71. The van der Waals surface area contributed by atoms with Crippen molar-refractivity contribution in [2.45, 2.75) is 40.2 Å². The summed E-state index contributed by atoms with van der Waals surface area (Å²) in [5, 5.41) is 0. The zero-order valence-corrected chi connectivity index (χ0v) is 13.5. The Labute approximate surface area is 127 Å². The molecule has 0 aliphatic heterocycles. The number of hydrogen-bond donors (Lipinski definition) is 1. The van der Waals surface area contributed by atoms with E-state index in [0.717, 1.165) is 18.7 Å². The Bertz CT molecular complexity index is 409. The minimum Gasteiger partial charge on any atom is -0.329 e. The van der Waals surface area contributed by atoms with Gasteiger partial charge in [0.2, 0.25) is 0 Å². The van der Waals surface area contributed by atoms with E-state index in [9.17, 15) is 8.78 Å². The van der Waals surface area contributed by atoms with Crippen LogP contribution in [0.4, 0.5) is 8.78 Å². The number of hydrogen-bond acceptors (Lipinski definition) is 2. The smallest absolute Gasteiger partial charge is 0.263 e. The summed E-state index contributed by atoms with van der Waals surface area (Å²) in [5.41, 5.74) is 6.91. The zero-order valence-electron chi connectivity index (χ0n) is 13.5. The predicted molar refractivity (Wildman–Crippen MR) is 84.4 cm³/mol. The number of alkyl halides is 2. The summed E-state index contributed by atoms with van der Waals surface area (Å²) in [5.74, 6) is 1.02. The van der Waals surface area contributed by atoms with Crippen LogP contribution >= 0.6 is 0 Å². The fourth-order valence-corrected chi connectivity index (χ4v) is 2.67. The average molecular weight is 298 g/mol. The van der Waals surface area contributed by atoms with Gasteiger partial charge in [0.05, 0.1) is 0 Å². The van der Waals surface area contributed by atoms with Crippen molar-refractivity contribution in [1.82, 2.24) is 4.90 Å². The minimum absolute atomic E-state index is 0.00602. The molecule has 0 aliphatic rings. The van der Waals surface area contributed by atoms with E-state index < -0.39 is 6.43 Å². The molecule has 1 aromatic carbocycles. The molecule has 1 unspecified atom stereocenters. The summed E-state index contributed by atoms with van der Waals surface area (Å²) in [6.07, 6.45) is -2.44. The van der Waals surface area contributed by atoms with Gasteiger partial charge in [-0.25, -0.2) is 8.78 Å². The lowest BCUT2D eigenvalue weighted by molar-refractivity contribution is 0.148. The monoisotopic (exact) mass is 298 g/mol. The van der Waals surface area contributed by atoms with Crippen molar-refractivity contribution in [3.63, 3.8) is 0 Å². The van der Waals surface area contributed by atoms with E-state index in [1.54, 1.807) is 12.1 Å². The van der Waals surface area contributed by atoms with Crippen LogP contribution < -0.4 is 5.73 Å². The SMILES string of the molecule is CC(C)CN(CC(C)C)C(CN)c1cccc(C(F)F)c1. The van der Waals surface area contributed by atoms with Gasteiger partial charge in [0, 0.05) is 31.2 Å². The zero-order chi connectivity index (χ0) is 16.0. The average Bonchev–Trinajstić information content (AvgIpc) is 2.38. The molecule has 1 atom stereocenters. The van der Waals surface area contributed by atoms with Gasteiger partial charge < -0.3 is 5.73 Å². The van der Waals surface area contributed by atoms with Crippen LogP contribution in [0.2, 0.25) is 0 Å². The van der Waals surface area contributed by atoms with Gasteiger partial charge in [-0.3, -0.25) is 4.90 Å². The highest BCUT2D eigenvalue weighted by atomic mass is 19.3. The molecule has 0 saturated heterocycles. The fraction of sp³-hybridized carbons (Fsp3) is 0.647. The van der Waals surface area contributed by atoms with Gasteiger partial charge in [-0.05, 0) is 23.5 Å². The number of rotatable bonds is 8. The second-order valence-electron chi connectivity index (χ2n) is 6.46. The molecule has 2 nitrogen and oxygen atoms in total. The third-order valence-corrected chi connectivity index (χ3v) is 3.41. The molecule has 0 saturated carbocycles. The van der Waals surface area contributed by atoms with E-state index >= 15 is 0 Å². The predicted octanol–water partition coefficient (Wildman–Crippen LogP) is 4.24. The summed E-state index contributed by atoms with van der Waals surface area (Å²) in [4.78, 5) is 2.32. The molecule has 0 radical (unpaired) electrons. The summed E-state index contributed by atoms with van der Waals surface area (Å²) in [7, 11) is 0. The van der Waals surface area contributed by atoms with Crippen LogP contribution in [0.15, 0.2) is 24.3 Å². The summed E-state index contributed by atoms with van der Waals surface area (Å²) < 4.78 is 25.8. The molecule has 120 valence electrons. The van der Waals surface area contributed by atoms with E-state index in [2.05, 4.69) is 32.6 Å². The first kappa shape index (κ1) is 18.1. The van der Waals surface area contributed by atoms with Crippen molar-refractivity contribution < 1.29 is 8.78 Å². The van der Waals surface area contributed by atoms with E-state index in [0.29, 0.717) is 18.4 Å². The van der Waals surface area contributed by atoms with Crippen LogP contribution in [0, 0.1) is 11.8 Å². The van der Waals surface area contributed by atoms with Crippen LogP contribution in [0.5, 0.6) is 0 Å². The second-order valence-corrected chi connectivity index (χ2v) is 6.46. The summed E-state index contributed by atoms with van der Waals surface area (Å²) >= 11 is 0. The van der Waals surface area contributed by atoms with Gasteiger partial charge >= 0.3 is 0 Å². The Balaban J connectivity index is 3.03. The van der Waals surface area contributed by atoms with Crippen molar-refractivity contribution in [3.05, 3.63) is 35.4 Å². The molecule has 0 bridgehead atoms. The maximum Gasteiger partial charge on any atom is 0.263 e. The first-order valence-electron chi connectivity index (χ1n) is 7.67. The molecule has 0 heterocycles. The Hall–Kier alpha value is -1.00. The van der Waals surface area contributed by atoms with Crippen LogP contribution in [0.25, 0.3) is 0 Å². The van der Waals surface area contributed by atoms with Crippen molar-refractivity contribution >= 4 is 0 Å². The largest absolute Gasteiger partial charge is 0.329 e. The van der Waals surface area contributed by atoms with E-state index in [4.69, 9.17) is 5.73 Å². The van der Waals surface area contributed by atoms with Gasteiger partial charge in [-0.15, -0.1) is 0 Å². The van der Waals surface area contributed by atoms with Crippen molar-refractivity contribution in [1.29, 1.82) is 0 Å². The number of halogens is 2. The minimum atomic E-state index is -2.44. The van der Waals surface area contributed by atoms with Crippen LogP contribution in [0.1, 0.15) is 51.3 Å². The third-order valence-electron chi connectivity index (χ3n) is 3.41. The molecule has 0 amide bonds. The number of nitrogens with zero attached hydrogens (tertiary/aromatic N) is 1. The van der Waals surface area contributed by atoms with Crippen molar-refractivity contribution in [2.24, 2.45) is 17.6 Å². The molecule has 0 fully saturated rings. The van der Waals surface area contributed by atoms with Crippen molar-refractivity contribution in [3.8, 4) is 0 Å². The molecular weight excluding hydrogens is 270 g/mol. The lowest BCUT2D eigenvalue weighted by Crippen LogP contribution is -2.38. The molecule has 1 rings (SSSR count). The van der Waals surface area contributed by atoms with Gasteiger partial charge in [-0.2, -0.15) is 0 Å². The maximum absolute atomic E-state index is 12.9. The van der Waals surface area contributed by atoms with Gasteiger partial charge in [0.1, 0.15) is 0 Å². The van der Waals surface area contributed by atoms with Crippen LogP contribution in [0.3, 0.4) is 0 Å². The highest BCUT2D eigenvalue weighted by Gasteiger charge is 2.22. The van der Waals surface area contributed by atoms with E-state index in [-0.39, 0.29) is 11.6 Å². The second kappa shape index (κ2) is 8.44. The Kier molecular flexibility index (Phi) is 7.26. The quantitative estimate of drug-likeness (QED) is 0.778. The standard InChI is InChI=1S/C17H28F2N2/c1-12(2)10-21(11-13(3)4)16(9-20)14-6-5-7-15(8-14)17(18)19/h5-8,12-13,16-17H,9-11,20H2,1-4H3. The molecule has 0 aliphatic carbocycles. The lowest BCUT2D eigenvalue weighted by atomic mass is 10.00. The topological polar surface area (TPSA) is 29.3 Å². The van der Waals surface area contributed by atoms with Crippen molar-refractivity contribution in [2.75, 3.05) is 19.6 Å². The van der Waals surface area contributed by atoms with Gasteiger partial charge in [0.15, 0.2) is 0 Å². The molecule has 0 aromatic heterocycles. The van der Waals surface area contributed by atoms with Gasteiger partial charge in [-0.1, -0.05) is 45.9 Å². The Morgan fingerprint density at radius 3 is 1.95 bits per heavy atom. The lowest BCUT2D eigenvalue weighted by Gasteiger charge is -2.34. The highest BCUT2D eigenvalue weighted by Crippen LogP contribution is 2.26. The first-order chi connectivity index (χ1) is 9.85. The molecule has 1 aromatic rings. The molecule has 0 spiro atoms. The molecule has 4 heteroatoms. The number of benzene rings is 1. The van der Waals surface area contributed by atoms with Crippen LogP contribution in [-0.2, 0) is 0 Å². The number of nitrogens with two attached hydrogens (primary N) is 1. The van der Waals surface area contributed by atoms with E-state index in [1.807, 2.05) is 6.07 Å². The Morgan fingerprint density at radius 2 is 1.52 bits per heavy atom. The van der Waals surface area contributed by atoms with E-state index in [1.165, 1.54) is 6.07 Å². The first-order valence-corrected chi connectivity index (χ1v) is 7.67. The molecule has 2 N–H and O–H groups in total. The molecular formula is C17H28F2N2. The van der Waals surface area contributed by atoms with Crippen LogP contribution in [-0.4, -0.2) is 24.5 Å². The highest BCUT2D eigenvalue weighted by molar-refractivity contribution is 5.27. The summed E-state index contributed by atoms with van der Waals surface area (Å²) in [6.45, 7) is 10.9.